The number of benzene rings is 2. The molecule has 2 aromatic rings. The number of amides is 1. The standard InChI is InChI=1S/C15H13F3N2O/c1-8(10-3-2-4-12(17)14(10)18)20-13-7-9(15(19)21)5-6-11(13)16/h2-8,20H,1H3,(H2,19,21). The molecule has 110 valence electrons. The summed E-state index contributed by atoms with van der Waals surface area (Å²) in [7, 11) is 0. The molecule has 0 aliphatic carbocycles. The fraction of sp³-hybridized carbons (Fsp3) is 0.133. The number of nitrogens with one attached hydrogen (secondary N) is 1. The van der Waals surface area contributed by atoms with Gasteiger partial charge in [0.15, 0.2) is 11.6 Å². The zero-order valence-electron chi connectivity index (χ0n) is 11.2. The maximum atomic E-state index is 13.7. The lowest BCUT2D eigenvalue weighted by Gasteiger charge is -2.17. The number of rotatable bonds is 4. The molecule has 3 nitrogen and oxygen atoms in total. The van der Waals surface area contributed by atoms with Crippen LogP contribution in [0.5, 0.6) is 0 Å². The maximum absolute atomic E-state index is 13.7. The lowest BCUT2D eigenvalue weighted by atomic mass is 10.1. The summed E-state index contributed by atoms with van der Waals surface area (Å²) >= 11 is 0. The third-order valence-corrected chi connectivity index (χ3v) is 3.07. The predicted octanol–water partition coefficient (Wildman–Crippen LogP) is 3.38. The summed E-state index contributed by atoms with van der Waals surface area (Å²) in [6.07, 6.45) is 0. The molecule has 0 saturated carbocycles. The average Bonchev–Trinajstić information content (AvgIpc) is 2.43. The molecule has 0 saturated heterocycles. The smallest absolute Gasteiger partial charge is 0.248 e. The van der Waals surface area contributed by atoms with Gasteiger partial charge in [0.1, 0.15) is 5.82 Å². The van der Waals surface area contributed by atoms with Crippen molar-refractivity contribution in [1.82, 2.24) is 0 Å². The van der Waals surface area contributed by atoms with Crippen molar-refractivity contribution in [2.24, 2.45) is 5.73 Å². The highest BCUT2D eigenvalue weighted by Gasteiger charge is 2.16. The van der Waals surface area contributed by atoms with Crippen LogP contribution in [0.15, 0.2) is 36.4 Å². The highest BCUT2D eigenvalue weighted by Crippen LogP contribution is 2.25. The summed E-state index contributed by atoms with van der Waals surface area (Å²) in [5, 5.41) is 2.70. The van der Waals surface area contributed by atoms with Gasteiger partial charge in [-0.2, -0.15) is 0 Å². The Bertz CT molecular complexity index is 689. The van der Waals surface area contributed by atoms with Gasteiger partial charge in [-0.05, 0) is 31.2 Å². The Hall–Kier alpha value is -2.50. The molecule has 21 heavy (non-hydrogen) atoms. The summed E-state index contributed by atoms with van der Waals surface area (Å²) < 4.78 is 40.6. The predicted molar refractivity (Wildman–Crippen MR) is 73.3 cm³/mol. The third kappa shape index (κ3) is 3.16. The monoisotopic (exact) mass is 294 g/mol. The number of primary amides is 1. The number of nitrogens with two attached hydrogens (primary N) is 1. The number of hydrogen-bond donors (Lipinski definition) is 2. The van der Waals surface area contributed by atoms with E-state index in [1.54, 1.807) is 6.92 Å². The van der Waals surface area contributed by atoms with Crippen molar-refractivity contribution in [3.8, 4) is 0 Å². The highest BCUT2D eigenvalue weighted by molar-refractivity contribution is 5.93. The van der Waals surface area contributed by atoms with E-state index in [0.29, 0.717) is 0 Å². The molecule has 1 atom stereocenters. The van der Waals surface area contributed by atoms with Gasteiger partial charge in [0.2, 0.25) is 5.91 Å². The molecule has 0 aliphatic rings. The number of halogens is 3. The Morgan fingerprint density at radius 3 is 2.52 bits per heavy atom. The second kappa shape index (κ2) is 5.87. The molecule has 1 amide bonds. The van der Waals surface area contributed by atoms with Crippen LogP contribution in [0.3, 0.4) is 0 Å². The Labute approximate surface area is 119 Å². The first-order valence-electron chi connectivity index (χ1n) is 6.20. The Morgan fingerprint density at radius 2 is 1.86 bits per heavy atom. The zero-order valence-corrected chi connectivity index (χ0v) is 11.2. The van der Waals surface area contributed by atoms with Crippen LogP contribution in [0.4, 0.5) is 18.9 Å². The summed E-state index contributed by atoms with van der Waals surface area (Å²) in [6, 6.07) is 6.62. The quantitative estimate of drug-likeness (QED) is 0.908. The lowest BCUT2D eigenvalue weighted by Crippen LogP contribution is -2.14. The summed E-state index contributed by atoms with van der Waals surface area (Å²) in [4.78, 5) is 11.1. The van der Waals surface area contributed by atoms with Gasteiger partial charge in [0.25, 0.3) is 0 Å². The van der Waals surface area contributed by atoms with Crippen molar-refractivity contribution in [3.63, 3.8) is 0 Å². The van der Waals surface area contributed by atoms with E-state index in [4.69, 9.17) is 5.73 Å². The van der Waals surface area contributed by atoms with Crippen molar-refractivity contribution in [2.75, 3.05) is 5.32 Å². The van der Waals surface area contributed by atoms with Gasteiger partial charge in [-0.1, -0.05) is 12.1 Å². The van der Waals surface area contributed by atoms with Crippen molar-refractivity contribution in [1.29, 1.82) is 0 Å². The molecule has 3 N–H and O–H groups in total. The fourth-order valence-electron chi connectivity index (χ4n) is 1.96. The molecule has 0 heterocycles. The Morgan fingerprint density at radius 1 is 1.14 bits per heavy atom. The molecule has 0 aliphatic heterocycles. The molecule has 1 unspecified atom stereocenters. The van der Waals surface area contributed by atoms with Crippen molar-refractivity contribution >= 4 is 11.6 Å². The lowest BCUT2D eigenvalue weighted by molar-refractivity contribution is 0.100. The van der Waals surface area contributed by atoms with Crippen LogP contribution >= 0.6 is 0 Å². The minimum atomic E-state index is -0.996. The van der Waals surface area contributed by atoms with E-state index in [1.165, 1.54) is 24.3 Å². The zero-order chi connectivity index (χ0) is 15.6. The molecule has 6 heteroatoms. The van der Waals surface area contributed by atoms with Crippen LogP contribution in [-0.4, -0.2) is 5.91 Å². The first kappa shape index (κ1) is 14.9. The Kier molecular flexibility index (Phi) is 4.16. The number of hydrogen-bond acceptors (Lipinski definition) is 2. The molecule has 2 aromatic carbocycles. The van der Waals surface area contributed by atoms with Crippen LogP contribution < -0.4 is 11.1 Å². The second-order valence-corrected chi connectivity index (χ2v) is 4.57. The van der Waals surface area contributed by atoms with E-state index in [2.05, 4.69) is 5.32 Å². The number of carbonyl (C=O) groups excluding carboxylic acids is 1. The largest absolute Gasteiger partial charge is 0.376 e. The first-order chi connectivity index (χ1) is 9.90. The summed E-state index contributed by atoms with van der Waals surface area (Å²) in [5.41, 5.74) is 5.28. The van der Waals surface area contributed by atoms with Crippen LogP contribution in [-0.2, 0) is 0 Å². The van der Waals surface area contributed by atoms with Crippen LogP contribution in [0.1, 0.15) is 28.9 Å². The minimum absolute atomic E-state index is 0.0116. The van der Waals surface area contributed by atoms with E-state index in [0.717, 1.165) is 12.1 Å². The average molecular weight is 294 g/mol. The molecule has 0 fully saturated rings. The van der Waals surface area contributed by atoms with Crippen LogP contribution in [0.2, 0.25) is 0 Å². The molecule has 0 bridgehead atoms. The number of carbonyl (C=O) groups is 1. The van der Waals surface area contributed by atoms with E-state index >= 15 is 0 Å². The number of anilines is 1. The Balaban J connectivity index is 2.31. The molecule has 0 spiro atoms. The van der Waals surface area contributed by atoms with Gasteiger partial charge in [0, 0.05) is 11.1 Å². The van der Waals surface area contributed by atoms with Gasteiger partial charge in [-0.3, -0.25) is 4.79 Å². The van der Waals surface area contributed by atoms with Crippen LogP contribution in [0.25, 0.3) is 0 Å². The molecule has 2 rings (SSSR count). The van der Waals surface area contributed by atoms with Gasteiger partial charge < -0.3 is 11.1 Å². The normalized spacial score (nSPS) is 12.0. The van der Waals surface area contributed by atoms with Gasteiger partial charge in [-0.25, -0.2) is 13.2 Å². The van der Waals surface area contributed by atoms with Gasteiger partial charge in [0.05, 0.1) is 11.7 Å². The highest BCUT2D eigenvalue weighted by atomic mass is 19.2. The fourth-order valence-corrected chi connectivity index (χ4v) is 1.96. The molecule has 0 radical (unpaired) electrons. The summed E-state index contributed by atoms with van der Waals surface area (Å²) in [6.45, 7) is 1.55. The second-order valence-electron chi connectivity index (χ2n) is 4.57. The van der Waals surface area contributed by atoms with E-state index in [9.17, 15) is 18.0 Å². The minimum Gasteiger partial charge on any atom is -0.376 e. The SMILES string of the molecule is CC(Nc1cc(C(N)=O)ccc1F)c1cccc(F)c1F. The summed E-state index contributed by atoms with van der Waals surface area (Å²) in [5.74, 6) is -3.30. The topological polar surface area (TPSA) is 55.1 Å². The third-order valence-electron chi connectivity index (χ3n) is 3.07. The van der Waals surface area contributed by atoms with Gasteiger partial charge in [-0.15, -0.1) is 0 Å². The van der Waals surface area contributed by atoms with Gasteiger partial charge >= 0.3 is 0 Å². The maximum Gasteiger partial charge on any atom is 0.248 e. The molecular formula is C15H13F3N2O. The van der Waals surface area contributed by atoms with Crippen molar-refractivity contribution < 1.29 is 18.0 Å². The van der Waals surface area contributed by atoms with Crippen molar-refractivity contribution in [3.05, 3.63) is 65.0 Å². The molecule has 0 aromatic heterocycles. The van der Waals surface area contributed by atoms with Crippen molar-refractivity contribution in [2.45, 2.75) is 13.0 Å². The molecular weight excluding hydrogens is 281 g/mol. The first-order valence-corrected chi connectivity index (χ1v) is 6.20. The van der Waals surface area contributed by atoms with E-state index in [1.807, 2.05) is 0 Å². The van der Waals surface area contributed by atoms with E-state index in [-0.39, 0.29) is 16.8 Å². The van der Waals surface area contributed by atoms with Crippen LogP contribution in [0, 0.1) is 17.5 Å². The van der Waals surface area contributed by atoms with E-state index < -0.39 is 29.4 Å².